The molecule has 114 valence electrons. The molecule has 3 N–H and O–H groups in total. The van der Waals surface area contributed by atoms with E-state index in [0.29, 0.717) is 0 Å². The second-order valence-electron chi connectivity index (χ2n) is 6.69. The minimum absolute atomic E-state index is 0.0694. The minimum atomic E-state index is -1.12. The van der Waals surface area contributed by atoms with Crippen molar-refractivity contribution in [2.24, 2.45) is 11.8 Å². The van der Waals surface area contributed by atoms with Gasteiger partial charge in [0.15, 0.2) is 0 Å². The Hall–Kier alpha value is -1.26. The SMILES string of the molecule is CC1CCCC(NC(=O)NC(C)(C(=O)O)C2CC2)CC1. The summed E-state index contributed by atoms with van der Waals surface area (Å²) in [5.74, 6) is -0.148. The maximum Gasteiger partial charge on any atom is 0.329 e. The van der Waals surface area contributed by atoms with Gasteiger partial charge >= 0.3 is 12.0 Å². The number of hydrogen-bond acceptors (Lipinski definition) is 2. The number of carbonyl (C=O) groups is 2. The maximum absolute atomic E-state index is 12.1. The molecule has 3 unspecified atom stereocenters. The lowest BCUT2D eigenvalue weighted by molar-refractivity contribution is -0.144. The first-order valence-electron chi connectivity index (χ1n) is 7.74. The smallest absolute Gasteiger partial charge is 0.329 e. The van der Waals surface area contributed by atoms with E-state index in [9.17, 15) is 14.7 Å². The third kappa shape index (κ3) is 3.64. The van der Waals surface area contributed by atoms with Gasteiger partial charge in [-0.1, -0.05) is 19.8 Å². The van der Waals surface area contributed by atoms with Crippen LogP contribution in [0.4, 0.5) is 4.79 Å². The standard InChI is InChI=1S/C15H26N2O3/c1-10-4-3-5-12(9-6-10)16-14(20)17-15(2,13(18)19)11-7-8-11/h10-12H,3-9H2,1-2H3,(H,18,19)(H2,16,17,20). The van der Waals surface area contributed by atoms with Gasteiger partial charge in [-0.05, 0) is 50.9 Å². The van der Waals surface area contributed by atoms with E-state index < -0.39 is 11.5 Å². The van der Waals surface area contributed by atoms with Crippen molar-refractivity contribution in [1.82, 2.24) is 10.6 Å². The molecule has 2 fully saturated rings. The predicted octanol–water partition coefficient (Wildman–Crippen LogP) is 2.51. The summed E-state index contributed by atoms with van der Waals surface area (Å²) in [4.78, 5) is 23.5. The highest BCUT2D eigenvalue weighted by Gasteiger charge is 2.48. The Balaban J connectivity index is 1.86. The molecule has 0 aromatic rings. The zero-order chi connectivity index (χ0) is 14.8. The fourth-order valence-electron chi connectivity index (χ4n) is 3.08. The quantitative estimate of drug-likeness (QED) is 0.693. The van der Waals surface area contributed by atoms with Crippen molar-refractivity contribution in [3.05, 3.63) is 0 Å². The molecule has 0 aliphatic heterocycles. The van der Waals surface area contributed by atoms with Crippen LogP contribution in [0.25, 0.3) is 0 Å². The Labute approximate surface area is 120 Å². The monoisotopic (exact) mass is 282 g/mol. The van der Waals surface area contributed by atoms with Crippen molar-refractivity contribution in [2.45, 2.75) is 70.4 Å². The number of carboxylic acids is 1. The van der Waals surface area contributed by atoms with Crippen LogP contribution in [-0.2, 0) is 4.79 Å². The summed E-state index contributed by atoms with van der Waals surface area (Å²) in [7, 11) is 0. The minimum Gasteiger partial charge on any atom is -0.480 e. The van der Waals surface area contributed by atoms with Crippen LogP contribution >= 0.6 is 0 Å². The van der Waals surface area contributed by atoms with Gasteiger partial charge in [-0.15, -0.1) is 0 Å². The average Bonchev–Trinajstić information content (AvgIpc) is 3.18. The molecule has 0 saturated heterocycles. The summed E-state index contributed by atoms with van der Waals surface area (Å²) >= 11 is 0. The van der Waals surface area contributed by atoms with Crippen LogP contribution in [0, 0.1) is 11.8 Å². The van der Waals surface area contributed by atoms with E-state index in [2.05, 4.69) is 17.6 Å². The lowest BCUT2D eigenvalue weighted by atomic mass is 9.96. The number of rotatable bonds is 4. The molecular weight excluding hydrogens is 256 g/mol. The lowest BCUT2D eigenvalue weighted by Gasteiger charge is -2.27. The summed E-state index contributed by atoms with van der Waals surface area (Å²) in [6.45, 7) is 3.86. The summed E-state index contributed by atoms with van der Waals surface area (Å²) < 4.78 is 0. The summed E-state index contributed by atoms with van der Waals surface area (Å²) in [5.41, 5.74) is -1.12. The molecule has 0 heterocycles. The third-order valence-electron chi connectivity index (χ3n) is 4.80. The largest absolute Gasteiger partial charge is 0.480 e. The van der Waals surface area contributed by atoms with Gasteiger partial charge < -0.3 is 15.7 Å². The summed E-state index contributed by atoms with van der Waals surface area (Å²) in [6.07, 6.45) is 7.21. The van der Waals surface area contributed by atoms with E-state index in [-0.39, 0.29) is 18.0 Å². The Kier molecular flexibility index (Phi) is 4.55. The van der Waals surface area contributed by atoms with Gasteiger partial charge in [-0.2, -0.15) is 0 Å². The van der Waals surface area contributed by atoms with Crippen LogP contribution in [0.2, 0.25) is 0 Å². The summed E-state index contributed by atoms with van der Waals surface area (Å²) in [5, 5.41) is 15.0. The second-order valence-corrected chi connectivity index (χ2v) is 6.69. The van der Waals surface area contributed by atoms with Crippen molar-refractivity contribution in [2.75, 3.05) is 0 Å². The van der Waals surface area contributed by atoms with Gasteiger partial charge in [0.2, 0.25) is 0 Å². The van der Waals surface area contributed by atoms with Crippen molar-refractivity contribution in [3.8, 4) is 0 Å². The van der Waals surface area contributed by atoms with E-state index in [1.165, 1.54) is 6.42 Å². The molecule has 2 aliphatic carbocycles. The fraction of sp³-hybridized carbons (Fsp3) is 0.867. The Morgan fingerprint density at radius 1 is 1.10 bits per heavy atom. The summed E-state index contributed by atoms with van der Waals surface area (Å²) in [6, 6.07) is -0.154. The second kappa shape index (κ2) is 6.02. The highest BCUT2D eigenvalue weighted by molar-refractivity contribution is 5.86. The van der Waals surface area contributed by atoms with E-state index in [1.54, 1.807) is 6.92 Å². The van der Waals surface area contributed by atoms with Crippen molar-refractivity contribution >= 4 is 12.0 Å². The number of nitrogens with one attached hydrogen (secondary N) is 2. The topological polar surface area (TPSA) is 78.4 Å². The molecule has 20 heavy (non-hydrogen) atoms. The first kappa shape index (κ1) is 15.1. The van der Waals surface area contributed by atoms with Gasteiger partial charge in [0.05, 0.1) is 0 Å². The van der Waals surface area contributed by atoms with Crippen LogP contribution in [0.15, 0.2) is 0 Å². The molecule has 0 spiro atoms. The van der Waals surface area contributed by atoms with Gasteiger partial charge in [0.1, 0.15) is 5.54 Å². The van der Waals surface area contributed by atoms with Gasteiger partial charge in [-0.25, -0.2) is 9.59 Å². The van der Waals surface area contributed by atoms with E-state index >= 15 is 0 Å². The third-order valence-corrected chi connectivity index (χ3v) is 4.80. The van der Waals surface area contributed by atoms with Crippen molar-refractivity contribution in [1.29, 1.82) is 0 Å². The Bertz CT molecular complexity index is 381. The van der Waals surface area contributed by atoms with E-state index in [0.717, 1.165) is 44.4 Å². The molecular formula is C15H26N2O3. The van der Waals surface area contributed by atoms with Crippen LogP contribution in [0.5, 0.6) is 0 Å². The number of carboxylic acid groups (broad SMARTS) is 1. The molecule has 0 aromatic carbocycles. The molecule has 0 aromatic heterocycles. The number of urea groups is 1. The van der Waals surface area contributed by atoms with Crippen LogP contribution in [0.3, 0.4) is 0 Å². The molecule has 0 radical (unpaired) electrons. The molecule has 2 aliphatic rings. The number of aliphatic carboxylic acids is 1. The molecule has 5 heteroatoms. The number of carbonyl (C=O) groups excluding carboxylic acids is 1. The van der Waals surface area contributed by atoms with Crippen molar-refractivity contribution in [3.63, 3.8) is 0 Å². The molecule has 2 saturated carbocycles. The Morgan fingerprint density at radius 3 is 2.40 bits per heavy atom. The lowest BCUT2D eigenvalue weighted by Crippen LogP contribution is -2.58. The highest BCUT2D eigenvalue weighted by Crippen LogP contribution is 2.39. The molecule has 2 rings (SSSR count). The maximum atomic E-state index is 12.1. The predicted molar refractivity (Wildman–Crippen MR) is 76.5 cm³/mol. The molecule has 3 atom stereocenters. The first-order valence-corrected chi connectivity index (χ1v) is 7.74. The zero-order valence-electron chi connectivity index (χ0n) is 12.4. The van der Waals surface area contributed by atoms with Crippen molar-refractivity contribution < 1.29 is 14.7 Å². The van der Waals surface area contributed by atoms with E-state index in [1.807, 2.05) is 0 Å². The van der Waals surface area contributed by atoms with Crippen LogP contribution < -0.4 is 10.6 Å². The molecule has 5 nitrogen and oxygen atoms in total. The first-order chi connectivity index (χ1) is 9.41. The van der Waals surface area contributed by atoms with Gasteiger partial charge in [0, 0.05) is 6.04 Å². The Morgan fingerprint density at radius 2 is 1.80 bits per heavy atom. The normalized spacial score (nSPS) is 29.9. The number of hydrogen-bond donors (Lipinski definition) is 3. The average molecular weight is 282 g/mol. The van der Waals surface area contributed by atoms with Gasteiger partial charge in [0.25, 0.3) is 0 Å². The van der Waals surface area contributed by atoms with Crippen LogP contribution in [-0.4, -0.2) is 28.7 Å². The van der Waals surface area contributed by atoms with Crippen LogP contribution in [0.1, 0.15) is 58.8 Å². The highest BCUT2D eigenvalue weighted by atomic mass is 16.4. The molecule has 0 bridgehead atoms. The van der Waals surface area contributed by atoms with E-state index in [4.69, 9.17) is 0 Å². The number of amides is 2. The zero-order valence-corrected chi connectivity index (χ0v) is 12.4. The fourth-order valence-corrected chi connectivity index (χ4v) is 3.08. The van der Waals surface area contributed by atoms with Gasteiger partial charge in [-0.3, -0.25) is 0 Å². The molecule has 2 amide bonds.